The van der Waals surface area contributed by atoms with Crippen LogP contribution in [0.3, 0.4) is 0 Å². The first-order chi connectivity index (χ1) is 9.74. The van der Waals surface area contributed by atoms with Crippen LogP contribution in [0.15, 0.2) is 24.3 Å². The molecular weight excluding hydrogens is 254 g/mol. The quantitative estimate of drug-likeness (QED) is 0.830. The summed E-state index contributed by atoms with van der Waals surface area (Å²) in [7, 11) is 1.62. The molecule has 0 aliphatic carbocycles. The Morgan fingerprint density at radius 3 is 2.75 bits per heavy atom. The zero-order valence-corrected chi connectivity index (χ0v) is 12.3. The van der Waals surface area contributed by atoms with E-state index in [0.29, 0.717) is 5.92 Å². The van der Waals surface area contributed by atoms with Gasteiger partial charge in [0.05, 0.1) is 13.7 Å². The highest BCUT2D eigenvalue weighted by atomic mass is 16.5. The molecule has 1 aliphatic heterocycles. The minimum absolute atomic E-state index is 0.105. The number of ether oxygens (including phenoxy) is 2. The number of hydrogen-bond donors (Lipinski definition) is 0. The largest absolute Gasteiger partial charge is 0.497 e. The molecule has 1 atom stereocenters. The fourth-order valence-electron chi connectivity index (χ4n) is 2.59. The Morgan fingerprint density at radius 1 is 1.35 bits per heavy atom. The molecule has 0 bridgehead atoms. The van der Waals surface area contributed by atoms with Gasteiger partial charge in [-0.1, -0.05) is 0 Å². The summed E-state index contributed by atoms with van der Waals surface area (Å²) in [5, 5.41) is 0. The van der Waals surface area contributed by atoms with Gasteiger partial charge in [-0.15, -0.1) is 0 Å². The summed E-state index contributed by atoms with van der Waals surface area (Å²) < 4.78 is 10.6. The number of rotatable bonds is 5. The number of nitrogens with zero attached hydrogens (tertiary/aromatic N) is 1. The van der Waals surface area contributed by atoms with Crippen LogP contribution in [0.1, 0.15) is 30.1 Å². The minimum atomic E-state index is 0.105. The molecule has 1 aromatic carbocycles. The molecule has 110 valence electrons. The van der Waals surface area contributed by atoms with Crippen molar-refractivity contribution in [1.29, 1.82) is 0 Å². The summed E-state index contributed by atoms with van der Waals surface area (Å²) in [6.45, 7) is 5.13. The number of benzene rings is 1. The van der Waals surface area contributed by atoms with Crippen molar-refractivity contribution in [2.24, 2.45) is 5.92 Å². The molecule has 20 heavy (non-hydrogen) atoms. The predicted octanol–water partition coefficient (Wildman–Crippen LogP) is 2.58. The number of piperidine rings is 1. The van der Waals surface area contributed by atoms with E-state index in [9.17, 15) is 4.79 Å². The lowest BCUT2D eigenvalue weighted by Crippen LogP contribution is -2.41. The fourth-order valence-corrected chi connectivity index (χ4v) is 2.59. The Hall–Kier alpha value is -1.55. The van der Waals surface area contributed by atoms with Gasteiger partial charge in [-0.25, -0.2) is 0 Å². The van der Waals surface area contributed by atoms with E-state index in [2.05, 4.69) is 0 Å². The first kappa shape index (κ1) is 14.9. The SMILES string of the molecule is CCOCC1CCCN(C(=O)c2ccc(OC)cc2)C1. The standard InChI is InChI=1S/C16H23NO3/c1-3-20-12-13-5-4-10-17(11-13)16(18)14-6-8-15(19-2)9-7-14/h6-9,13H,3-5,10-12H2,1-2H3. The molecule has 1 saturated heterocycles. The van der Waals surface area contributed by atoms with Crippen LogP contribution in [-0.4, -0.2) is 44.2 Å². The van der Waals surface area contributed by atoms with E-state index >= 15 is 0 Å². The lowest BCUT2D eigenvalue weighted by atomic mass is 9.98. The summed E-state index contributed by atoms with van der Waals surface area (Å²) in [6, 6.07) is 7.31. The Morgan fingerprint density at radius 2 is 2.10 bits per heavy atom. The van der Waals surface area contributed by atoms with Crippen molar-refractivity contribution >= 4 is 5.91 Å². The van der Waals surface area contributed by atoms with E-state index in [0.717, 1.165) is 50.5 Å². The van der Waals surface area contributed by atoms with Gasteiger partial charge in [0.15, 0.2) is 0 Å². The molecule has 4 heteroatoms. The third-order valence-electron chi connectivity index (χ3n) is 3.70. The molecule has 2 rings (SSSR count). The van der Waals surface area contributed by atoms with Crippen molar-refractivity contribution in [2.45, 2.75) is 19.8 Å². The fraction of sp³-hybridized carbons (Fsp3) is 0.562. The summed E-state index contributed by atoms with van der Waals surface area (Å²) in [5.41, 5.74) is 0.725. The molecule has 1 unspecified atom stereocenters. The van der Waals surface area contributed by atoms with Gasteiger partial charge in [-0.3, -0.25) is 4.79 Å². The average molecular weight is 277 g/mol. The molecule has 1 aromatic rings. The monoisotopic (exact) mass is 277 g/mol. The number of amides is 1. The van der Waals surface area contributed by atoms with Crippen LogP contribution in [0.5, 0.6) is 5.75 Å². The van der Waals surface area contributed by atoms with Gasteiger partial charge in [0.2, 0.25) is 0 Å². The number of likely N-dealkylation sites (tertiary alicyclic amines) is 1. The second kappa shape index (κ2) is 7.29. The summed E-state index contributed by atoms with van der Waals surface area (Å²) in [6.07, 6.45) is 2.20. The maximum atomic E-state index is 12.5. The van der Waals surface area contributed by atoms with Crippen LogP contribution < -0.4 is 4.74 Å². The highest BCUT2D eigenvalue weighted by Gasteiger charge is 2.24. The zero-order valence-electron chi connectivity index (χ0n) is 12.3. The van der Waals surface area contributed by atoms with Crippen LogP contribution in [0.4, 0.5) is 0 Å². The van der Waals surface area contributed by atoms with E-state index in [1.165, 1.54) is 0 Å². The Labute approximate surface area is 120 Å². The Balaban J connectivity index is 1.96. The van der Waals surface area contributed by atoms with E-state index in [-0.39, 0.29) is 5.91 Å². The second-order valence-electron chi connectivity index (χ2n) is 5.15. The number of hydrogen-bond acceptors (Lipinski definition) is 3. The van der Waals surface area contributed by atoms with Gasteiger partial charge >= 0.3 is 0 Å². The van der Waals surface area contributed by atoms with Gasteiger partial charge in [0.25, 0.3) is 5.91 Å². The zero-order chi connectivity index (χ0) is 14.4. The molecule has 1 aliphatic rings. The first-order valence-electron chi connectivity index (χ1n) is 7.25. The van der Waals surface area contributed by atoms with Gasteiger partial charge in [-0.05, 0) is 49.9 Å². The van der Waals surface area contributed by atoms with E-state index in [1.807, 2.05) is 36.1 Å². The molecule has 0 saturated carbocycles. The maximum Gasteiger partial charge on any atom is 0.253 e. The van der Waals surface area contributed by atoms with E-state index < -0.39 is 0 Å². The Bertz CT molecular complexity index is 430. The van der Waals surface area contributed by atoms with Crippen LogP contribution in [-0.2, 0) is 4.74 Å². The third-order valence-corrected chi connectivity index (χ3v) is 3.70. The summed E-state index contributed by atoms with van der Waals surface area (Å²) >= 11 is 0. The summed E-state index contributed by atoms with van der Waals surface area (Å²) in [4.78, 5) is 14.4. The number of carbonyl (C=O) groups is 1. The van der Waals surface area contributed by atoms with Gasteiger partial charge < -0.3 is 14.4 Å². The maximum absolute atomic E-state index is 12.5. The molecule has 1 heterocycles. The molecule has 0 aromatic heterocycles. The number of methoxy groups -OCH3 is 1. The van der Waals surface area contributed by atoms with Crippen molar-refractivity contribution in [3.63, 3.8) is 0 Å². The minimum Gasteiger partial charge on any atom is -0.497 e. The average Bonchev–Trinajstić information content (AvgIpc) is 2.52. The normalized spacial score (nSPS) is 18.9. The van der Waals surface area contributed by atoms with Crippen molar-refractivity contribution in [2.75, 3.05) is 33.4 Å². The van der Waals surface area contributed by atoms with Gasteiger partial charge in [-0.2, -0.15) is 0 Å². The van der Waals surface area contributed by atoms with Crippen molar-refractivity contribution in [3.05, 3.63) is 29.8 Å². The highest BCUT2D eigenvalue weighted by molar-refractivity contribution is 5.94. The van der Waals surface area contributed by atoms with E-state index in [4.69, 9.17) is 9.47 Å². The smallest absolute Gasteiger partial charge is 0.253 e. The topological polar surface area (TPSA) is 38.8 Å². The molecule has 0 N–H and O–H groups in total. The first-order valence-corrected chi connectivity index (χ1v) is 7.25. The molecule has 0 spiro atoms. The van der Waals surface area contributed by atoms with Crippen molar-refractivity contribution in [3.8, 4) is 5.75 Å². The van der Waals surface area contributed by atoms with Crippen LogP contribution in [0.2, 0.25) is 0 Å². The second-order valence-corrected chi connectivity index (χ2v) is 5.15. The van der Waals surface area contributed by atoms with Crippen LogP contribution in [0, 0.1) is 5.92 Å². The third kappa shape index (κ3) is 3.73. The van der Waals surface area contributed by atoms with Gasteiger partial charge in [0, 0.05) is 25.3 Å². The van der Waals surface area contributed by atoms with E-state index in [1.54, 1.807) is 7.11 Å². The van der Waals surface area contributed by atoms with Crippen molar-refractivity contribution in [1.82, 2.24) is 4.90 Å². The highest BCUT2D eigenvalue weighted by Crippen LogP contribution is 2.20. The summed E-state index contributed by atoms with van der Waals surface area (Å²) in [5.74, 6) is 1.34. The number of carbonyl (C=O) groups excluding carboxylic acids is 1. The van der Waals surface area contributed by atoms with Crippen LogP contribution >= 0.6 is 0 Å². The molecule has 0 radical (unpaired) electrons. The molecular formula is C16H23NO3. The lowest BCUT2D eigenvalue weighted by Gasteiger charge is -2.32. The van der Waals surface area contributed by atoms with Crippen molar-refractivity contribution < 1.29 is 14.3 Å². The Kier molecular flexibility index (Phi) is 5.41. The molecule has 1 amide bonds. The predicted molar refractivity (Wildman–Crippen MR) is 78.1 cm³/mol. The van der Waals surface area contributed by atoms with Crippen LogP contribution in [0.25, 0.3) is 0 Å². The molecule has 1 fully saturated rings. The lowest BCUT2D eigenvalue weighted by molar-refractivity contribution is 0.0501. The molecule has 4 nitrogen and oxygen atoms in total. The van der Waals surface area contributed by atoms with Gasteiger partial charge in [0.1, 0.15) is 5.75 Å².